The van der Waals surface area contributed by atoms with Crippen LogP contribution in [0.15, 0.2) is 47.1 Å². The highest BCUT2D eigenvalue weighted by Gasteiger charge is 2.60. The van der Waals surface area contributed by atoms with Crippen molar-refractivity contribution in [2.75, 3.05) is 20.3 Å². The third-order valence-electron chi connectivity index (χ3n) is 9.68. The zero-order valence-electron chi connectivity index (χ0n) is 25.2. The summed E-state index contributed by atoms with van der Waals surface area (Å²) in [6, 6.07) is 0. The standard InChI is InChI=1S/C33H48O8/c1-6-28-22(4)12-13-32(41-28)17-26-16-25(40-32)11-10-21(3)14-20(2)8-7-9-24-19-38-30-29(34)23(18-37-5)15-27(31(35)39-26)33(24,30)36/h7-10,15,20,22,25-30,34,36H,6,11-14,16-19H2,1-5H3/b8-7+,21-10+,24-9+/t20-,22-,25+,26-,27-,28+,29+,30+,32+,33+/m0/s1. The van der Waals surface area contributed by atoms with E-state index in [9.17, 15) is 15.0 Å². The Hall–Kier alpha value is -1.81. The summed E-state index contributed by atoms with van der Waals surface area (Å²) in [4.78, 5) is 14.0. The lowest BCUT2D eigenvalue weighted by molar-refractivity contribution is -0.335. The number of esters is 1. The third kappa shape index (κ3) is 6.15. The van der Waals surface area contributed by atoms with Crippen LogP contribution in [0.5, 0.6) is 0 Å². The first-order valence-corrected chi connectivity index (χ1v) is 15.4. The van der Waals surface area contributed by atoms with Crippen LogP contribution in [-0.2, 0) is 28.5 Å². The monoisotopic (exact) mass is 572 g/mol. The summed E-state index contributed by atoms with van der Waals surface area (Å²) in [6.07, 6.45) is 12.3. The fraction of sp³-hybridized carbons (Fsp3) is 0.727. The molecule has 4 aliphatic heterocycles. The second kappa shape index (κ2) is 12.4. The minimum absolute atomic E-state index is 0.0887. The molecule has 8 nitrogen and oxygen atoms in total. The van der Waals surface area contributed by atoms with E-state index in [0.717, 1.165) is 25.7 Å². The highest BCUT2D eigenvalue weighted by atomic mass is 16.7. The van der Waals surface area contributed by atoms with Crippen LogP contribution in [-0.4, -0.2) is 78.4 Å². The van der Waals surface area contributed by atoms with E-state index < -0.39 is 41.6 Å². The molecule has 1 aliphatic carbocycles. The molecule has 8 heteroatoms. The van der Waals surface area contributed by atoms with Gasteiger partial charge in [0.05, 0.1) is 25.4 Å². The van der Waals surface area contributed by atoms with Crippen molar-refractivity contribution in [2.45, 2.75) is 115 Å². The van der Waals surface area contributed by atoms with Gasteiger partial charge in [0.15, 0.2) is 5.79 Å². The van der Waals surface area contributed by atoms with Gasteiger partial charge in [0.2, 0.25) is 0 Å². The van der Waals surface area contributed by atoms with Gasteiger partial charge in [-0.05, 0) is 55.6 Å². The van der Waals surface area contributed by atoms with Crippen molar-refractivity contribution in [1.29, 1.82) is 0 Å². The quantitative estimate of drug-likeness (QED) is 0.375. The Morgan fingerprint density at radius 3 is 2.76 bits per heavy atom. The van der Waals surface area contributed by atoms with Gasteiger partial charge < -0.3 is 33.9 Å². The fourth-order valence-electron chi connectivity index (χ4n) is 7.43. The van der Waals surface area contributed by atoms with Crippen LogP contribution in [0, 0.1) is 17.8 Å². The Balaban J connectivity index is 1.52. The number of aliphatic hydroxyl groups excluding tert-OH is 1. The van der Waals surface area contributed by atoms with Crippen LogP contribution in [0.25, 0.3) is 0 Å². The number of aliphatic hydroxyl groups is 2. The van der Waals surface area contributed by atoms with Crippen LogP contribution < -0.4 is 0 Å². The summed E-state index contributed by atoms with van der Waals surface area (Å²) in [5.74, 6) is -1.68. The van der Waals surface area contributed by atoms with E-state index >= 15 is 0 Å². The van der Waals surface area contributed by atoms with Gasteiger partial charge in [-0.2, -0.15) is 0 Å². The highest BCUT2D eigenvalue weighted by molar-refractivity contribution is 5.78. The van der Waals surface area contributed by atoms with Crippen molar-refractivity contribution >= 4 is 5.97 Å². The van der Waals surface area contributed by atoms with Gasteiger partial charge in [-0.15, -0.1) is 0 Å². The predicted molar refractivity (Wildman–Crippen MR) is 154 cm³/mol. The maximum atomic E-state index is 14.0. The lowest BCUT2D eigenvalue weighted by Gasteiger charge is -2.50. The van der Waals surface area contributed by atoms with E-state index in [1.54, 1.807) is 6.08 Å². The van der Waals surface area contributed by atoms with Crippen molar-refractivity contribution in [2.24, 2.45) is 17.8 Å². The van der Waals surface area contributed by atoms with Crippen molar-refractivity contribution in [3.05, 3.63) is 47.1 Å². The Morgan fingerprint density at radius 2 is 2.00 bits per heavy atom. The highest BCUT2D eigenvalue weighted by Crippen LogP contribution is 2.47. The van der Waals surface area contributed by atoms with Crippen molar-refractivity contribution < 1.29 is 38.7 Å². The molecule has 0 unspecified atom stereocenters. The molecule has 228 valence electrons. The van der Waals surface area contributed by atoms with Crippen molar-refractivity contribution in [3.63, 3.8) is 0 Å². The summed E-state index contributed by atoms with van der Waals surface area (Å²) in [6.45, 7) is 8.89. The first kappa shape index (κ1) is 30.6. The van der Waals surface area contributed by atoms with Crippen molar-refractivity contribution in [1.82, 2.24) is 0 Å². The minimum Gasteiger partial charge on any atom is -0.462 e. The average Bonchev–Trinajstić information content (AvgIpc) is 3.27. The van der Waals surface area contributed by atoms with Gasteiger partial charge in [-0.1, -0.05) is 56.7 Å². The minimum atomic E-state index is -1.74. The molecule has 2 bridgehead atoms. The molecule has 0 aromatic rings. The maximum Gasteiger partial charge on any atom is 0.316 e. The number of ether oxygens (including phenoxy) is 5. The Morgan fingerprint density at radius 1 is 1.20 bits per heavy atom. The molecule has 5 rings (SSSR count). The number of hydrogen-bond acceptors (Lipinski definition) is 8. The lowest BCUT2D eigenvalue weighted by Crippen LogP contribution is -2.58. The van der Waals surface area contributed by atoms with Crippen LogP contribution in [0.3, 0.4) is 0 Å². The normalized spacial score (nSPS) is 46.9. The lowest BCUT2D eigenvalue weighted by atomic mass is 9.70. The van der Waals surface area contributed by atoms with E-state index in [1.807, 2.05) is 12.2 Å². The number of fused-ring (bicyclic) bond motifs is 2. The Bertz CT molecular complexity index is 1090. The molecule has 10 atom stereocenters. The number of carbonyl (C=O) groups is 1. The molecule has 3 saturated heterocycles. The zero-order chi connectivity index (χ0) is 29.4. The van der Waals surface area contributed by atoms with Gasteiger partial charge in [0.25, 0.3) is 0 Å². The molecule has 3 fully saturated rings. The molecule has 2 N–H and O–H groups in total. The summed E-state index contributed by atoms with van der Waals surface area (Å²) in [5.41, 5.74) is 0.593. The smallest absolute Gasteiger partial charge is 0.316 e. The molecule has 0 amide bonds. The van der Waals surface area contributed by atoms with E-state index in [2.05, 4.69) is 39.8 Å². The zero-order valence-corrected chi connectivity index (χ0v) is 25.2. The molecular weight excluding hydrogens is 524 g/mol. The van der Waals surface area contributed by atoms with E-state index in [0.29, 0.717) is 36.3 Å². The number of carbonyl (C=O) groups excluding carboxylic acids is 1. The predicted octanol–water partition coefficient (Wildman–Crippen LogP) is 4.55. The van der Waals surface area contributed by atoms with Gasteiger partial charge in [0, 0.05) is 26.4 Å². The summed E-state index contributed by atoms with van der Waals surface area (Å²) >= 11 is 0. The summed E-state index contributed by atoms with van der Waals surface area (Å²) < 4.78 is 30.9. The third-order valence-corrected chi connectivity index (χ3v) is 9.68. The maximum absolute atomic E-state index is 14.0. The van der Waals surface area contributed by atoms with Gasteiger partial charge >= 0.3 is 5.97 Å². The van der Waals surface area contributed by atoms with Gasteiger partial charge in [0.1, 0.15) is 29.8 Å². The van der Waals surface area contributed by atoms with E-state index in [1.165, 1.54) is 12.7 Å². The molecule has 0 aromatic carbocycles. The molecular formula is C33H48O8. The summed E-state index contributed by atoms with van der Waals surface area (Å²) in [5, 5.41) is 23.3. The Labute approximate surface area is 244 Å². The van der Waals surface area contributed by atoms with Gasteiger partial charge in [-0.25, -0.2) is 0 Å². The van der Waals surface area contributed by atoms with E-state index in [4.69, 9.17) is 23.7 Å². The van der Waals surface area contributed by atoms with Crippen LogP contribution in [0.2, 0.25) is 0 Å². The first-order chi connectivity index (χ1) is 19.6. The van der Waals surface area contributed by atoms with Crippen molar-refractivity contribution in [3.8, 4) is 0 Å². The first-order valence-electron chi connectivity index (χ1n) is 15.4. The second-order valence-electron chi connectivity index (χ2n) is 12.9. The van der Waals surface area contributed by atoms with Crippen LogP contribution >= 0.6 is 0 Å². The van der Waals surface area contributed by atoms with Crippen LogP contribution in [0.1, 0.15) is 72.6 Å². The number of allylic oxidation sites excluding steroid dienone is 4. The largest absolute Gasteiger partial charge is 0.462 e. The van der Waals surface area contributed by atoms with Gasteiger partial charge in [-0.3, -0.25) is 4.79 Å². The van der Waals surface area contributed by atoms with E-state index in [-0.39, 0.29) is 31.3 Å². The number of methoxy groups -OCH3 is 1. The fourth-order valence-corrected chi connectivity index (χ4v) is 7.43. The molecule has 0 radical (unpaired) electrons. The SMILES string of the molecule is CC[C@H]1O[C@]2(CC[C@@H]1C)C[C@@H]1C[C@@H](C/C=C(\C)C[C@@H](C)/C=C/C=C3\CO[C@@H]4[C@H](O)C(COC)=C[C@@H](C(=O)O1)[C@]34O)O2. The van der Waals surface area contributed by atoms with Crippen LogP contribution in [0.4, 0.5) is 0 Å². The summed E-state index contributed by atoms with van der Waals surface area (Å²) in [7, 11) is 1.53. The molecule has 5 aliphatic rings. The molecule has 4 heterocycles. The molecule has 1 spiro atoms. The molecule has 0 aromatic heterocycles. The molecule has 0 saturated carbocycles. The number of rotatable bonds is 3. The number of hydrogen-bond donors (Lipinski definition) is 2. The topological polar surface area (TPSA) is 104 Å². The average molecular weight is 573 g/mol. The molecule has 41 heavy (non-hydrogen) atoms. The second-order valence-corrected chi connectivity index (χ2v) is 12.9. The Kier molecular flexibility index (Phi) is 9.29.